The molecular formula is C9H10ClNO. The van der Waals surface area contributed by atoms with Crippen LogP contribution in [0.4, 0.5) is 5.69 Å². The molecule has 3 heteroatoms. The molecule has 1 aromatic carbocycles. The van der Waals surface area contributed by atoms with Crippen LogP contribution in [0, 0.1) is 0 Å². The molecule has 0 unspecified atom stereocenters. The molecule has 0 spiro atoms. The van der Waals surface area contributed by atoms with Gasteiger partial charge in [0.15, 0.2) is 0 Å². The molecule has 1 aliphatic rings. The third-order valence-electron chi connectivity index (χ3n) is 2.02. The summed E-state index contributed by atoms with van der Waals surface area (Å²) in [5.41, 5.74) is 1.12. The second-order valence-corrected chi connectivity index (χ2v) is 3.32. The molecule has 0 aliphatic carbocycles. The Kier molecular flexibility index (Phi) is 1.85. The van der Waals surface area contributed by atoms with Crippen LogP contribution in [0.2, 0.25) is 5.02 Å². The Bertz CT molecular complexity index is 301. The van der Waals surface area contributed by atoms with Crippen molar-refractivity contribution in [3.05, 3.63) is 23.2 Å². The highest BCUT2D eigenvalue weighted by Crippen LogP contribution is 2.32. The molecule has 0 N–H and O–H groups in total. The smallest absolute Gasteiger partial charge is 0.144 e. The van der Waals surface area contributed by atoms with Crippen LogP contribution < -0.4 is 9.64 Å². The van der Waals surface area contributed by atoms with E-state index < -0.39 is 0 Å². The van der Waals surface area contributed by atoms with Crippen LogP contribution in [0.5, 0.6) is 5.75 Å². The minimum atomic E-state index is 0.726. The zero-order valence-electron chi connectivity index (χ0n) is 6.88. The Balaban J connectivity index is 2.46. The minimum Gasteiger partial charge on any atom is -0.490 e. The largest absolute Gasteiger partial charge is 0.490 e. The Hall–Kier alpha value is -0.890. The fourth-order valence-electron chi connectivity index (χ4n) is 1.33. The number of hydrogen-bond acceptors (Lipinski definition) is 2. The fourth-order valence-corrected chi connectivity index (χ4v) is 1.49. The normalized spacial score (nSPS) is 15.3. The standard InChI is InChI=1S/C9H10ClNO/c1-11-4-5-12-9-6-7(10)2-3-8(9)11/h2-3,6H,4-5H2,1H3. The molecule has 1 aliphatic heterocycles. The molecule has 0 saturated carbocycles. The number of rotatable bonds is 0. The van der Waals surface area contributed by atoms with E-state index in [1.54, 1.807) is 0 Å². The molecule has 2 nitrogen and oxygen atoms in total. The number of hydrogen-bond donors (Lipinski definition) is 0. The summed E-state index contributed by atoms with van der Waals surface area (Å²) in [6, 6.07) is 5.72. The zero-order chi connectivity index (χ0) is 8.55. The lowest BCUT2D eigenvalue weighted by Gasteiger charge is -2.27. The van der Waals surface area contributed by atoms with Gasteiger partial charge < -0.3 is 9.64 Å². The number of nitrogens with zero attached hydrogens (tertiary/aromatic N) is 1. The molecule has 0 fully saturated rings. The maximum Gasteiger partial charge on any atom is 0.144 e. The van der Waals surface area contributed by atoms with Crippen molar-refractivity contribution in [1.82, 2.24) is 0 Å². The monoisotopic (exact) mass is 183 g/mol. The lowest BCUT2D eigenvalue weighted by Crippen LogP contribution is -2.28. The number of fused-ring (bicyclic) bond motifs is 1. The van der Waals surface area contributed by atoms with Crippen molar-refractivity contribution < 1.29 is 4.74 Å². The lowest BCUT2D eigenvalue weighted by molar-refractivity contribution is 0.311. The third kappa shape index (κ3) is 1.23. The van der Waals surface area contributed by atoms with Gasteiger partial charge in [0.25, 0.3) is 0 Å². The van der Waals surface area contributed by atoms with Gasteiger partial charge in [0.05, 0.1) is 12.2 Å². The molecule has 2 rings (SSSR count). The summed E-state index contributed by atoms with van der Waals surface area (Å²) in [4.78, 5) is 2.16. The summed E-state index contributed by atoms with van der Waals surface area (Å²) in [5, 5.41) is 0.726. The maximum absolute atomic E-state index is 5.83. The van der Waals surface area contributed by atoms with Crippen LogP contribution in [0.1, 0.15) is 0 Å². The molecule has 12 heavy (non-hydrogen) atoms. The van der Waals surface area contributed by atoms with E-state index >= 15 is 0 Å². The average Bonchev–Trinajstić information content (AvgIpc) is 2.04. The first-order valence-electron chi connectivity index (χ1n) is 3.91. The van der Waals surface area contributed by atoms with Crippen molar-refractivity contribution in [1.29, 1.82) is 0 Å². The topological polar surface area (TPSA) is 12.5 Å². The predicted octanol–water partition coefficient (Wildman–Crippen LogP) is 2.17. The Labute approximate surface area is 76.7 Å². The highest BCUT2D eigenvalue weighted by Gasteiger charge is 2.13. The van der Waals surface area contributed by atoms with Crippen LogP contribution in [0.15, 0.2) is 18.2 Å². The summed E-state index contributed by atoms with van der Waals surface area (Å²) < 4.78 is 5.45. The van der Waals surface area contributed by atoms with Gasteiger partial charge in [-0.25, -0.2) is 0 Å². The average molecular weight is 184 g/mol. The molecule has 64 valence electrons. The van der Waals surface area contributed by atoms with E-state index in [0.29, 0.717) is 0 Å². The van der Waals surface area contributed by atoms with E-state index in [-0.39, 0.29) is 0 Å². The molecule has 0 aromatic heterocycles. The van der Waals surface area contributed by atoms with E-state index in [2.05, 4.69) is 11.9 Å². The first-order chi connectivity index (χ1) is 5.77. The van der Waals surface area contributed by atoms with Crippen LogP contribution in [0.3, 0.4) is 0 Å². The van der Waals surface area contributed by atoms with Crippen molar-refractivity contribution in [2.24, 2.45) is 0 Å². The zero-order valence-corrected chi connectivity index (χ0v) is 7.64. The van der Waals surface area contributed by atoms with Gasteiger partial charge in [0, 0.05) is 18.1 Å². The van der Waals surface area contributed by atoms with E-state index in [0.717, 1.165) is 29.6 Å². The highest BCUT2D eigenvalue weighted by atomic mass is 35.5. The number of anilines is 1. The second-order valence-electron chi connectivity index (χ2n) is 2.88. The molecule has 1 aromatic rings. The Morgan fingerprint density at radius 2 is 2.33 bits per heavy atom. The van der Waals surface area contributed by atoms with Crippen molar-refractivity contribution in [3.63, 3.8) is 0 Å². The number of likely N-dealkylation sites (N-methyl/N-ethyl adjacent to an activating group) is 1. The summed E-state index contributed by atoms with van der Waals surface area (Å²) in [7, 11) is 2.05. The summed E-state index contributed by atoms with van der Waals surface area (Å²) in [6.07, 6.45) is 0. The maximum atomic E-state index is 5.83. The quantitative estimate of drug-likeness (QED) is 0.611. The molecule has 0 amide bonds. The Morgan fingerprint density at radius 1 is 1.50 bits per heavy atom. The minimum absolute atomic E-state index is 0.726. The van der Waals surface area contributed by atoms with Crippen LogP contribution in [-0.2, 0) is 0 Å². The van der Waals surface area contributed by atoms with Gasteiger partial charge in [-0.15, -0.1) is 0 Å². The predicted molar refractivity (Wildman–Crippen MR) is 50.2 cm³/mol. The number of ether oxygens (including phenoxy) is 1. The highest BCUT2D eigenvalue weighted by molar-refractivity contribution is 6.30. The fraction of sp³-hybridized carbons (Fsp3) is 0.333. The van der Waals surface area contributed by atoms with Gasteiger partial charge >= 0.3 is 0 Å². The Morgan fingerprint density at radius 3 is 3.17 bits per heavy atom. The van der Waals surface area contributed by atoms with Gasteiger partial charge in [0.2, 0.25) is 0 Å². The van der Waals surface area contributed by atoms with Crippen molar-refractivity contribution in [2.75, 3.05) is 25.1 Å². The molecule has 0 radical (unpaired) electrons. The van der Waals surface area contributed by atoms with Crippen LogP contribution in [0.25, 0.3) is 0 Å². The molecule has 0 saturated heterocycles. The molecule has 0 bridgehead atoms. The lowest BCUT2D eigenvalue weighted by atomic mass is 10.2. The summed E-state index contributed by atoms with van der Waals surface area (Å²) >= 11 is 5.83. The van der Waals surface area contributed by atoms with E-state index in [9.17, 15) is 0 Å². The third-order valence-corrected chi connectivity index (χ3v) is 2.25. The molecular weight excluding hydrogens is 174 g/mol. The van der Waals surface area contributed by atoms with E-state index in [1.165, 1.54) is 0 Å². The van der Waals surface area contributed by atoms with Gasteiger partial charge in [-0.2, -0.15) is 0 Å². The van der Waals surface area contributed by atoms with Crippen LogP contribution in [-0.4, -0.2) is 20.2 Å². The summed E-state index contributed by atoms with van der Waals surface area (Å²) in [5.74, 6) is 0.885. The van der Waals surface area contributed by atoms with E-state index in [1.807, 2.05) is 18.2 Å². The van der Waals surface area contributed by atoms with Gasteiger partial charge in [0.1, 0.15) is 12.4 Å². The first kappa shape index (κ1) is 7.74. The number of halogens is 1. The number of benzene rings is 1. The summed E-state index contributed by atoms with van der Waals surface area (Å²) in [6.45, 7) is 1.68. The van der Waals surface area contributed by atoms with Crippen molar-refractivity contribution >= 4 is 17.3 Å². The van der Waals surface area contributed by atoms with Gasteiger partial charge in [-0.1, -0.05) is 11.6 Å². The molecule has 1 heterocycles. The first-order valence-corrected chi connectivity index (χ1v) is 4.28. The van der Waals surface area contributed by atoms with Gasteiger partial charge in [-0.05, 0) is 12.1 Å². The van der Waals surface area contributed by atoms with Crippen LogP contribution >= 0.6 is 11.6 Å². The molecule has 0 atom stereocenters. The van der Waals surface area contributed by atoms with Crippen molar-refractivity contribution in [2.45, 2.75) is 0 Å². The van der Waals surface area contributed by atoms with Crippen molar-refractivity contribution in [3.8, 4) is 5.75 Å². The van der Waals surface area contributed by atoms with Gasteiger partial charge in [-0.3, -0.25) is 0 Å². The SMILES string of the molecule is CN1CCOc2cc(Cl)ccc21. The second kappa shape index (κ2) is 2.87. The van der Waals surface area contributed by atoms with E-state index in [4.69, 9.17) is 16.3 Å².